The molecule has 5 heteroatoms. The predicted octanol–water partition coefficient (Wildman–Crippen LogP) is 4.31. The minimum Gasteiger partial charge on any atom is -0.488 e. The van der Waals surface area contributed by atoms with Gasteiger partial charge in [-0.05, 0) is 45.8 Å². The average molecular weight is 346 g/mol. The molecule has 0 aliphatic heterocycles. The standard InChI is InChI=1S/C14H11BrClFO2/c15-12-5-9(7-18)1-4-14(12)19-8-10-2-3-11(16)6-13(10)17/h1-6,18H,7-8H2. The Kier molecular flexibility index (Phi) is 4.80. The molecule has 0 radical (unpaired) electrons. The van der Waals surface area contributed by atoms with Crippen LogP contribution in [0.3, 0.4) is 0 Å². The summed E-state index contributed by atoms with van der Waals surface area (Å²) in [4.78, 5) is 0. The maximum absolute atomic E-state index is 13.6. The van der Waals surface area contributed by atoms with Crippen molar-refractivity contribution in [1.29, 1.82) is 0 Å². The molecule has 0 spiro atoms. The Bertz CT molecular complexity index is 590. The zero-order valence-corrected chi connectivity index (χ0v) is 12.2. The van der Waals surface area contributed by atoms with Gasteiger partial charge in [0.1, 0.15) is 18.2 Å². The van der Waals surface area contributed by atoms with E-state index >= 15 is 0 Å². The van der Waals surface area contributed by atoms with Gasteiger partial charge in [0.2, 0.25) is 0 Å². The van der Waals surface area contributed by atoms with E-state index in [0.717, 1.165) is 5.56 Å². The van der Waals surface area contributed by atoms with Crippen molar-refractivity contribution in [3.05, 3.63) is 62.8 Å². The molecule has 0 unspecified atom stereocenters. The highest BCUT2D eigenvalue weighted by molar-refractivity contribution is 9.10. The van der Waals surface area contributed by atoms with Gasteiger partial charge in [0, 0.05) is 10.6 Å². The summed E-state index contributed by atoms with van der Waals surface area (Å²) in [7, 11) is 0. The van der Waals surface area contributed by atoms with Gasteiger partial charge in [0.05, 0.1) is 11.1 Å². The molecule has 2 nitrogen and oxygen atoms in total. The monoisotopic (exact) mass is 344 g/mol. The van der Waals surface area contributed by atoms with Crippen LogP contribution in [0.4, 0.5) is 4.39 Å². The summed E-state index contributed by atoms with van der Waals surface area (Å²) in [6, 6.07) is 9.69. The Balaban J connectivity index is 2.10. The first kappa shape index (κ1) is 14.3. The molecular weight excluding hydrogens is 335 g/mol. The number of aliphatic hydroxyl groups is 1. The van der Waals surface area contributed by atoms with Gasteiger partial charge < -0.3 is 9.84 Å². The molecule has 0 atom stereocenters. The Hall–Kier alpha value is -1.10. The zero-order valence-electron chi connectivity index (χ0n) is 9.87. The fourth-order valence-corrected chi connectivity index (χ4v) is 2.25. The summed E-state index contributed by atoms with van der Waals surface area (Å²) < 4.78 is 19.8. The number of rotatable bonds is 4. The minimum atomic E-state index is -0.393. The van der Waals surface area contributed by atoms with E-state index in [2.05, 4.69) is 15.9 Å². The van der Waals surface area contributed by atoms with Crippen LogP contribution in [-0.4, -0.2) is 5.11 Å². The molecule has 0 fully saturated rings. The summed E-state index contributed by atoms with van der Waals surface area (Å²) in [5.74, 6) is 0.196. The molecule has 0 aromatic heterocycles. The second kappa shape index (κ2) is 6.37. The molecule has 19 heavy (non-hydrogen) atoms. The van der Waals surface area contributed by atoms with E-state index in [4.69, 9.17) is 21.4 Å². The Labute approximate surface area is 123 Å². The van der Waals surface area contributed by atoms with Crippen LogP contribution < -0.4 is 4.74 Å². The molecule has 0 heterocycles. The lowest BCUT2D eigenvalue weighted by Crippen LogP contribution is -1.99. The van der Waals surface area contributed by atoms with Crippen LogP contribution in [0, 0.1) is 5.82 Å². The molecule has 0 aliphatic carbocycles. The smallest absolute Gasteiger partial charge is 0.134 e. The summed E-state index contributed by atoms with van der Waals surface area (Å²) in [5.41, 5.74) is 1.21. The van der Waals surface area contributed by atoms with Crippen LogP contribution in [0.2, 0.25) is 5.02 Å². The molecule has 0 amide bonds. The van der Waals surface area contributed by atoms with Crippen molar-refractivity contribution >= 4 is 27.5 Å². The van der Waals surface area contributed by atoms with E-state index < -0.39 is 5.82 Å². The molecule has 0 bridgehead atoms. The first-order valence-electron chi connectivity index (χ1n) is 5.56. The van der Waals surface area contributed by atoms with E-state index in [-0.39, 0.29) is 13.2 Å². The number of halogens is 3. The van der Waals surface area contributed by atoms with E-state index in [1.165, 1.54) is 6.07 Å². The second-order valence-corrected chi connectivity index (χ2v) is 5.24. The van der Waals surface area contributed by atoms with Gasteiger partial charge in [0.25, 0.3) is 0 Å². The number of benzene rings is 2. The second-order valence-electron chi connectivity index (χ2n) is 3.95. The fourth-order valence-electron chi connectivity index (χ4n) is 1.55. The summed E-state index contributed by atoms with van der Waals surface area (Å²) in [5, 5.41) is 9.36. The average Bonchev–Trinajstić information content (AvgIpc) is 2.39. The van der Waals surface area contributed by atoms with Crippen molar-refractivity contribution in [2.75, 3.05) is 0 Å². The highest BCUT2D eigenvalue weighted by Crippen LogP contribution is 2.27. The summed E-state index contributed by atoms with van der Waals surface area (Å²) in [6.07, 6.45) is 0. The quantitative estimate of drug-likeness (QED) is 0.894. The van der Waals surface area contributed by atoms with Gasteiger partial charge in [0.15, 0.2) is 0 Å². The first-order chi connectivity index (χ1) is 9.10. The SMILES string of the molecule is OCc1ccc(OCc2ccc(Cl)cc2F)c(Br)c1. The summed E-state index contributed by atoms with van der Waals surface area (Å²) in [6.45, 7) is 0.0742. The number of hydrogen-bond acceptors (Lipinski definition) is 2. The van der Waals surface area contributed by atoms with E-state index in [1.54, 1.807) is 30.3 Å². The molecule has 0 saturated heterocycles. The van der Waals surface area contributed by atoms with E-state index in [1.807, 2.05) is 0 Å². The lowest BCUT2D eigenvalue weighted by molar-refractivity contribution is 0.280. The van der Waals surface area contributed by atoms with Crippen molar-refractivity contribution in [3.8, 4) is 5.75 Å². The lowest BCUT2D eigenvalue weighted by Gasteiger charge is -2.10. The number of aliphatic hydroxyl groups excluding tert-OH is 1. The molecule has 0 saturated carbocycles. The molecule has 2 aromatic rings. The maximum Gasteiger partial charge on any atom is 0.134 e. The Morgan fingerprint density at radius 1 is 1.21 bits per heavy atom. The van der Waals surface area contributed by atoms with Crippen molar-refractivity contribution in [2.45, 2.75) is 13.2 Å². The third kappa shape index (κ3) is 3.69. The fraction of sp³-hybridized carbons (Fsp3) is 0.143. The van der Waals surface area contributed by atoms with Crippen LogP contribution in [-0.2, 0) is 13.2 Å². The van der Waals surface area contributed by atoms with Gasteiger partial charge in [-0.1, -0.05) is 23.7 Å². The molecule has 2 rings (SSSR count). The highest BCUT2D eigenvalue weighted by Gasteiger charge is 2.06. The van der Waals surface area contributed by atoms with E-state index in [0.29, 0.717) is 20.8 Å². The Morgan fingerprint density at radius 2 is 2.00 bits per heavy atom. The van der Waals surface area contributed by atoms with Gasteiger partial charge in [-0.15, -0.1) is 0 Å². The van der Waals surface area contributed by atoms with Gasteiger partial charge in [-0.25, -0.2) is 4.39 Å². The highest BCUT2D eigenvalue weighted by atomic mass is 79.9. The minimum absolute atomic E-state index is 0.0370. The topological polar surface area (TPSA) is 29.5 Å². The zero-order chi connectivity index (χ0) is 13.8. The predicted molar refractivity (Wildman–Crippen MR) is 75.8 cm³/mol. The van der Waals surface area contributed by atoms with Crippen molar-refractivity contribution in [1.82, 2.24) is 0 Å². The summed E-state index contributed by atoms with van der Waals surface area (Å²) >= 11 is 9.02. The van der Waals surface area contributed by atoms with Crippen LogP contribution >= 0.6 is 27.5 Å². The van der Waals surface area contributed by atoms with Gasteiger partial charge in [-0.2, -0.15) is 0 Å². The lowest BCUT2D eigenvalue weighted by atomic mass is 10.2. The molecule has 1 N–H and O–H groups in total. The third-order valence-corrected chi connectivity index (χ3v) is 3.43. The van der Waals surface area contributed by atoms with Crippen molar-refractivity contribution in [2.24, 2.45) is 0 Å². The molecular formula is C14H11BrClFO2. The third-order valence-electron chi connectivity index (χ3n) is 2.58. The largest absolute Gasteiger partial charge is 0.488 e. The van der Waals surface area contributed by atoms with E-state index in [9.17, 15) is 4.39 Å². The normalized spacial score (nSPS) is 10.5. The van der Waals surface area contributed by atoms with Crippen LogP contribution in [0.1, 0.15) is 11.1 Å². The van der Waals surface area contributed by atoms with Crippen molar-refractivity contribution in [3.63, 3.8) is 0 Å². The van der Waals surface area contributed by atoms with Gasteiger partial charge >= 0.3 is 0 Å². The maximum atomic E-state index is 13.6. The number of hydrogen-bond donors (Lipinski definition) is 1. The van der Waals surface area contributed by atoms with Crippen LogP contribution in [0.5, 0.6) is 5.75 Å². The molecule has 0 aliphatic rings. The van der Waals surface area contributed by atoms with Crippen LogP contribution in [0.25, 0.3) is 0 Å². The molecule has 100 valence electrons. The van der Waals surface area contributed by atoms with Gasteiger partial charge in [-0.3, -0.25) is 0 Å². The Morgan fingerprint density at radius 3 is 2.63 bits per heavy atom. The molecule has 2 aromatic carbocycles. The first-order valence-corrected chi connectivity index (χ1v) is 6.73. The number of ether oxygens (including phenoxy) is 1. The van der Waals surface area contributed by atoms with Crippen molar-refractivity contribution < 1.29 is 14.2 Å². The van der Waals surface area contributed by atoms with Crippen LogP contribution in [0.15, 0.2) is 40.9 Å².